The Morgan fingerprint density at radius 2 is 2.00 bits per heavy atom. The molecule has 1 unspecified atom stereocenters. The molecule has 0 bridgehead atoms. The van der Waals surface area contributed by atoms with Crippen LogP contribution in [0.2, 0.25) is 0 Å². The number of pyridine rings is 1. The molecule has 0 fully saturated rings. The monoisotopic (exact) mass is 301 g/mol. The molecule has 0 aliphatic carbocycles. The van der Waals surface area contributed by atoms with Crippen LogP contribution in [0.3, 0.4) is 0 Å². The predicted molar refractivity (Wildman–Crippen MR) is 62.1 cm³/mol. The third kappa shape index (κ3) is 4.11. The lowest BCUT2D eigenvalue weighted by Gasteiger charge is -2.11. The lowest BCUT2D eigenvalue weighted by Crippen LogP contribution is -3.00. The van der Waals surface area contributed by atoms with Crippen molar-refractivity contribution in [3.63, 3.8) is 0 Å². The number of carbonyl (C=O) groups is 1. The lowest BCUT2D eigenvalue weighted by molar-refractivity contribution is -0.717. The van der Waals surface area contributed by atoms with Crippen molar-refractivity contribution in [2.45, 2.75) is 40.2 Å². The molecule has 3 nitrogen and oxygen atoms in total. The normalized spacial score (nSPS) is 11.5. The Morgan fingerprint density at radius 1 is 1.35 bits per heavy atom. The quantitative estimate of drug-likeness (QED) is 0.533. The van der Waals surface area contributed by atoms with E-state index < -0.39 is 0 Å². The molecule has 1 heterocycles. The van der Waals surface area contributed by atoms with Gasteiger partial charge in [-0.25, -0.2) is 4.79 Å². The van der Waals surface area contributed by atoms with Crippen LogP contribution in [0.15, 0.2) is 18.3 Å². The molecule has 0 radical (unpaired) electrons. The molecular formula is C13H20BrNO2. The first-order chi connectivity index (χ1) is 7.60. The van der Waals surface area contributed by atoms with E-state index in [4.69, 9.17) is 4.74 Å². The van der Waals surface area contributed by atoms with Gasteiger partial charge in [-0.1, -0.05) is 6.92 Å². The van der Waals surface area contributed by atoms with E-state index in [1.54, 1.807) is 0 Å². The highest BCUT2D eigenvalue weighted by molar-refractivity contribution is 5.72. The zero-order valence-corrected chi connectivity index (χ0v) is 12.5. The Bertz CT molecular complexity index is 380. The minimum absolute atomic E-state index is 0. The van der Waals surface area contributed by atoms with E-state index in [2.05, 4.69) is 0 Å². The van der Waals surface area contributed by atoms with Crippen LogP contribution in [0.4, 0.5) is 0 Å². The molecule has 0 N–H and O–H groups in total. The van der Waals surface area contributed by atoms with Crippen LogP contribution in [-0.2, 0) is 9.53 Å². The minimum atomic E-state index is -0.208. The van der Waals surface area contributed by atoms with Crippen molar-refractivity contribution in [2.75, 3.05) is 6.61 Å². The molecule has 0 amide bonds. The molecular weight excluding hydrogens is 282 g/mol. The lowest BCUT2D eigenvalue weighted by atomic mass is 10.2. The summed E-state index contributed by atoms with van der Waals surface area (Å²) < 4.78 is 7.08. The highest BCUT2D eigenvalue weighted by Gasteiger charge is 2.28. The fourth-order valence-electron chi connectivity index (χ4n) is 1.75. The average Bonchev–Trinajstić information content (AvgIpc) is 2.24. The van der Waals surface area contributed by atoms with Gasteiger partial charge in [-0.3, -0.25) is 0 Å². The number of hydrogen-bond acceptors (Lipinski definition) is 2. The molecule has 0 saturated carbocycles. The SMILES string of the molecule is CCOC(=O)C(CC)[n+]1cc(C)ccc1C.[Br-]. The van der Waals surface area contributed by atoms with Gasteiger partial charge in [0.1, 0.15) is 0 Å². The van der Waals surface area contributed by atoms with Crippen LogP contribution < -0.4 is 21.5 Å². The summed E-state index contributed by atoms with van der Waals surface area (Å²) in [5, 5.41) is 0. The molecule has 4 heteroatoms. The first-order valence-electron chi connectivity index (χ1n) is 5.75. The van der Waals surface area contributed by atoms with Crippen molar-refractivity contribution < 1.29 is 31.1 Å². The number of hydrogen-bond donors (Lipinski definition) is 0. The minimum Gasteiger partial charge on any atom is -1.00 e. The summed E-state index contributed by atoms with van der Waals surface area (Å²) in [5.74, 6) is -0.149. The summed E-state index contributed by atoms with van der Waals surface area (Å²) in [4.78, 5) is 11.8. The van der Waals surface area contributed by atoms with Gasteiger partial charge in [0.2, 0.25) is 0 Å². The third-order valence-electron chi connectivity index (χ3n) is 2.62. The van der Waals surface area contributed by atoms with Crippen molar-refractivity contribution in [3.8, 4) is 0 Å². The molecule has 17 heavy (non-hydrogen) atoms. The number of rotatable bonds is 4. The van der Waals surface area contributed by atoms with Crippen LogP contribution in [0.25, 0.3) is 0 Å². The molecule has 0 aliphatic heterocycles. The van der Waals surface area contributed by atoms with Gasteiger partial charge in [0.05, 0.1) is 6.61 Å². The smallest absolute Gasteiger partial charge is 0.375 e. The van der Waals surface area contributed by atoms with Gasteiger partial charge in [-0.05, 0) is 19.9 Å². The van der Waals surface area contributed by atoms with E-state index in [-0.39, 0.29) is 29.0 Å². The number of nitrogens with zero attached hydrogens (tertiary/aromatic N) is 1. The molecule has 1 atom stereocenters. The molecule has 0 saturated heterocycles. The highest BCUT2D eigenvalue weighted by Crippen LogP contribution is 2.08. The second-order valence-corrected chi connectivity index (χ2v) is 3.93. The van der Waals surface area contributed by atoms with E-state index in [0.717, 1.165) is 17.7 Å². The Kier molecular flexibility index (Phi) is 7.04. The first-order valence-corrected chi connectivity index (χ1v) is 5.75. The fraction of sp³-hybridized carbons (Fsp3) is 0.538. The second kappa shape index (κ2) is 7.43. The Balaban J connectivity index is 0.00000256. The van der Waals surface area contributed by atoms with Gasteiger partial charge in [0.25, 0.3) is 6.04 Å². The fourth-order valence-corrected chi connectivity index (χ4v) is 1.75. The number of aromatic nitrogens is 1. The Labute approximate surface area is 114 Å². The zero-order chi connectivity index (χ0) is 12.1. The molecule has 1 rings (SSSR count). The number of halogens is 1. The van der Waals surface area contributed by atoms with Gasteiger partial charge in [-0.15, -0.1) is 0 Å². The number of aryl methyl sites for hydroxylation is 2. The van der Waals surface area contributed by atoms with Gasteiger partial charge < -0.3 is 21.7 Å². The molecule has 1 aromatic rings. The third-order valence-corrected chi connectivity index (χ3v) is 2.62. The summed E-state index contributed by atoms with van der Waals surface area (Å²) >= 11 is 0. The van der Waals surface area contributed by atoms with Crippen molar-refractivity contribution in [2.24, 2.45) is 0 Å². The summed E-state index contributed by atoms with van der Waals surface area (Å²) in [6.07, 6.45) is 2.74. The maximum absolute atomic E-state index is 11.8. The van der Waals surface area contributed by atoms with E-state index in [1.165, 1.54) is 0 Å². The maximum Gasteiger partial charge on any atom is 0.375 e. The van der Waals surface area contributed by atoms with Crippen LogP contribution in [0.5, 0.6) is 0 Å². The predicted octanol–water partition coefficient (Wildman–Crippen LogP) is -0.891. The zero-order valence-electron chi connectivity index (χ0n) is 10.9. The van der Waals surface area contributed by atoms with E-state index >= 15 is 0 Å². The van der Waals surface area contributed by atoms with Gasteiger partial charge in [0.15, 0.2) is 11.9 Å². The van der Waals surface area contributed by atoms with Crippen molar-refractivity contribution >= 4 is 5.97 Å². The van der Waals surface area contributed by atoms with Crippen LogP contribution in [0.1, 0.15) is 37.6 Å². The average molecular weight is 302 g/mol. The van der Waals surface area contributed by atoms with Crippen molar-refractivity contribution in [3.05, 3.63) is 29.6 Å². The van der Waals surface area contributed by atoms with E-state index in [0.29, 0.717) is 6.61 Å². The first kappa shape index (κ1) is 16.1. The van der Waals surface area contributed by atoms with Crippen molar-refractivity contribution in [1.29, 1.82) is 0 Å². The second-order valence-electron chi connectivity index (χ2n) is 3.93. The molecule has 0 spiro atoms. The van der Waals surface area contributed by atoms with Crippen LogP contribution in [-0.4, -0.2) is 12.6 Å². The molecule has 96 valence electrons. The van der Waals surface area contributed by atoms with Gasteiger partial charge in [-0.2, -0.15) is 4.57 Å². The largest absolute Gasteiger partial charge is 1.00 e. The standard InChI is InChI=1S/C13H20NO2.BrH/c1-5-12(13(15)16-6-2)14-9-10(3)7-8-11(14)4;/h7-9,12H,5-6H2,1-4H3;1H/q+1;/p-1. The van der Waals surface area contributed by atoms with Crippen molar-refractivity contribution in [1.82, 2.24) is 0 Å². The van der Waals surface area contributed by atoms with Crippen LogP contribution >= 0.6 is 0 Å². The summed E-state index contributed by atoms with van der Waals surface area (Å²) in [5.41, 5.74) is 2.22. The topological polar surface area (TPSA) is 30.2 Å². The van der Waals surface area contributed by atoms with Crippen LogP contribution in [0, 0.1) is 13.8 Å². The van der Waals surface area contributed by atoms with Gasteiger partial charge in [0, 0.05) is 25.0 Å². The Morgan fingerprint density at radius 3 is 2.53 bits per heavy atom. The highest BCUT2D eigenvalue weighted by atomic mass is 79.9. The number of ether oxygens (including phenoxy) is 1. The summed E-state index contributed by atoms with van der Waals surface area (Å²) in [6, 6.07) is 3.86. The Hall–Kier alpha value is -0.900. The number of carbonyl (C=O) groups excluding carboxylic acids is 1. The maximum atomic E-state index is 11.8. The summed E-state index contributed by atoms with van der Waals surface area (Å²) in [7, 11) is 0. The van der Waals surface area contributed by atoms with Gasteiger partial charge >= 0.3 is 5.97 Å². The van der Waals surface area contributed by atoms with E-state index in [1.807, 2.05) is 50.6 Å². The summed E-state index contributed by atoms with van der Waals surface area (Å²) in [6.45, 7) is 8.28. The number of esters is 1. The molecule has 0 aliphatic rings. The molecule has 0 aromatic carbocycles. The molecule has 1 aromatic heterocycles. The van der Waals surface area contributed by atoms with E-state index in [9.17, 15) is 4.79 Å².